The number of hydrogen-bond donors (Lipinski definition) is 1. The topological polar surface area (TPSA) is 26.0 Å². The summed E-state index contributed by atoms with van der Waals surface area (Å²) in [6.07, 6.45) is 0. The molecule has 0 fully saturated rings. The van der Waals surface area contributed by atoms with E-state index in [4.69, 9.17) is 17.3 Å². The summed E-state index contributed by atoms with van der Waals surface area (Å²) < 4.78 is 1.26. The highest BCUT2D eigenvalue weighted by molar-refractivity contribution is 8.01. The van der Waals surface area contributed by atoms with Crippen molar-refractivity contribution < 1.29 is 0 Å². The Kier molecular flexibility index (Phi) is 3.24. The molecule has 0 saturated heterocycles. The van der Waals surface area contributed by atoms with Gasteiger partial charge in [0.2, 0.25) is 0 Å². The highest BCUT2D eigenvalue weighted by Gasteiger charge is 2.05. The number of thiophene rings is 1. The van der Waals surface area contributed by atoms with Crippen molar-refractivity contribution in [2.24, 2.45) is 0 Å². The summed E-state index contributed by atoms with van der Waals surface area (Å²) in [7, 11) is 0. The monoisotopic (exact) mass is 255 g/mol. The number of anilines is 1. The van der Waals surface area contributed by atoms with Gasteiger partial charge in [0.25, 0.3) is 0 Å². The van der Waals surface area contributed by atoms with Crippen LogP contribution in [0.4, 0.5) is 5.69 Å². The predicted molar refractivity (Wildman–Crippen MR) is 69.0 cm³/mol. The number of halogens is 1. The van der Waals surface area contributed by atoms with E-state index in [-0.39, 0.29) is 0 Å². The molecule has 2 N–H and O–H groups in total. The van der Waals surface area contributed by atoms with Crippen molar-refractivity contribution in [3.8, 4) is 0 Å². The molecule has 1 nitrogen and oxygen atoms in total. The number of benzene rings is 1. The zero-order valence-corrected chi connectivity index (χ0v) is 10.5. The molecule has 1 aromatic carbocycles. The Morgan fingerprint density at radius 2 is 2.20 bits per heavy atom. The van der Waals surface area contributed by atoms with Crippen LogP contribution >= 0.6 is 34.7 Å². The lowest BCUT2D eigenvalue weighted by Crippen LogP contribution is -1.89. The van der Waals surface area contributed by atoms with Gasteiger partial charge in [-0.05, 0) is 36.1 Å². The van der Waals surface area contributed by atoms with Crippen LogP contribution in [0.3, 0.4) is 0 Å². The minimum atomic E-state index is 0.625. The van der Waals surface area contributed by atoms with Gasteiger partial charge < -0.3 is 5.73 Å². The van der Waals surface area contributed by atoms with Crippen molar-refractivity contribution in [3.05, 3.63) is 40.2 Å². The zero-order chi connectivity index (χ0) is 10.8. The van der Waals surface area contributed by atoms with E-state index in [0.29, 0.717) is 10.7 Å². The Balaban J connectivity index is 2.33. The summed E-state index contributed by atoms with van der Waals surface area (Å²) in [5, 5.41) is 2.69. The zero-order valence-electron chi connectivity index (χ0n) is 8.16. The molecule has 0 spiro atoms. The molecule has 0 unspecified atom stereocenters. The molecule has 0 aliphatic rings. The molecule has 0 aliphatic carbocycles. The Morgan fingerprint density at radius 3 is 2.87 bits per heavy atom. The normalized spacial score (nSPS) is 10.5. The van der Waals surface area contributed by atoms with Crippen LogP contribution in [0.25, 0.3) is 0 Å². The first-order valence-electron chi connectivity index (χ1n) is 4.44. The number of aryl methyl sites for hydroxylation is 1. The molecule has 2 aromatic rings. The summed E-state index contributed by atoms with van der Waals surface area (Å²) in [6.45, 7) is 2.04. The molecule has 78 valence electrons. The lowest BCUT2D eigenvalue weighted by molar-refractivity contribution is 1.30. The summed E-state index contributed by atoms with van der Waals surface area (Å²) in [6, 6.07) is 7.98. The first-order valence-corrected chi connectivity index (χ1v) is 6.51. The van der Waals surface area contributed by atoms with Crippen LogP contribution in [0.15, 0.2) is 38.8 Å². The predicted octanol–water partition coefficient (Wildman–Crippen LogP) is 4.44. The number of nitrogen functional groups attached to an aromatic ring is 1. The van der Waals surface area contributed by atoms with E-state index in [1.165, 1.54) is 4.21 Å². The van der Waals surface area contributed by atoms with Gasteiger partial charge in [-0.3, -0.25) is 0 Å². The molecule has 4 heteroatoms. The molecule has 15 heavy (non-hydrogen) atoms. The smallest absolute Gasteiger partial charge is 0.0646 e. The second-order valence-corrected chi connectivity index (χ2v) is 5.87. The Hall–Kier alpha value is -0.640. The third-order valence-corrected chi connectivity index (χ3v) is 4.52. The van der Waals surface area contributed by atoms with Crippen LogP contribution in [0.2, 0.25) is 5.02 Å². The molecule has 0 radical (unpaired) electrons. The lowest BCUT2D eigenvalue weighted by atomic mass is 10.2. The van der Waals surface area contributed by atoms with Crippen LogP contribution in [-0.2, 0) is 0 Å². The molecule has 1 heterocycles. The first-order chi connectivity index (χ1) is 7.16. The SMILES string of the molecule is Cc1cc(N)c(Cl)cc1Sc1cccs1. The number of rotatable bonds is 2. The molecule has 0 amide bonds. The number of nitrogens with two attached hydrogens (primary N) is 1. The Labute approximate surface area is 102 Å². The Bertz CT molecular complexity index is 466. The van der Waals surface area contributed by atoms with Crippen molar-refractivity contribution in [2.75, 3.05) is 5.73 Å². The van der Waals surface area contributed by atoms with Crippen LogP contribution in [-0.4, -0.2) is 0 Å². The number of hydrogen-bond acceptors (Lipinski definition) is 3. The van der Waals surface area contributed by atoms with Gasteiger partial charge in [-0.2, -0.15) is 0 Å². The molecule has 0 aliphatic heterocycles. The van der Waals surface area contributed by atoms with Gasteiger partial charge in [0.1, 0.15) is 0 Å². The van der Waals surface area contributed by atoms with Crippen molar-refractivity contribution in [1.29, 1.82) is 0 Å². The van der Waals surface area contributed by atoms with Crippen molar-refractivity contribution in [2.45, 2.75) is 16.0 Å². The van der Waals surface area contributed by atoms with Gasteiger partial charge in [0.05, 0.1) is 14.9 Å². The van der Waals surface area contributed by atoms with E-state index < -0.39 is 0 Å². The Morgan fingerprint density at radius 1 is 1.40 bits per heavy atom. The average molecular weight is 256 g/mol. The largest absolute Gasteiger partial charge is 0.398 e. The van der Waals surface area contributed by atoms with E-state index in [0.717, 1.165) is 10.5 Å². The fourth-order valence-corrected chi connectivity index (χ4v) is 3.29. The summed E-state index contributed by atoms with van der Waals surface area (Å²) in [4.78, 5) is 1.16. The van der Waals surface area contributed by atoms with Gasteiger partial charge in [-0.1, -0.05) is 29.4 Å². The van der Waals surface area contributed by atoms with Crippen molar-refractivity contribution >= 4 is 40.4 Å². The van der Waals surface area contributed by atoms with Crippen molar-refractivity contribution in [1.82, 2.24) is 0 Å². The quantitative estimate of drug-likeness (QED) is 0.803. The van der Waals surface area contributed by atoms with E-state index in [1.807, 2.05) is 25.1 Å². The molecule has 0 atom stereocenters. The second kappa shape index (κ2) is 4.47. The highest BCUT2D eigenvalue weighted by Crippen LogP contribution is 2.36. The third-order valence-electron chi connectivity index (χ3n) is 2.00. The van der Waals surface area contributed by atoms with Gasteiger partial charge in [-0.25, -0.2) is 0 Å². The minimum absolute atomic E-state index is 0.625. The first kappa shape index (κ1) is 10.9. The van der Waals surface area contributed by atoms with E-state index >= 15 is 0 Å². The van der Waals surface area contributed by atoms with Gasteiger partial charge in [-0.15, -0.1) is 11.3 Å². The van der Waals surface area contributed by atoms with Gasteiger partial charge >= 0.3 is 0 Å². The highest BCUT2D eigenvalue weighted by atomic mass is 35.5. The lowest BCUT2D eigenvalue weighted by Gasteiger charge is -2.06. The molecular formula is C11H10ClNS2. The minimum Gasteiger partial charge on any atom is -0.398 e. The molecule has 0 bridgehead atoms. The fourth-order valence-electron chi connectivity index (χ4n) is 1.23. The second-order valence-electron chi connectivity index (χ2n) is 3.17. The van der Waals surface area contributed by atoms with E-state index in [9.17, 15) is 0 Å². The summed E-state index contributed by atoms with van der Waals surface area (Å²) in [5.74, 6) is 0. The maximum absolute atomic E-state index is 5.99. The third kappa shape index (κ3) is 2.48. The van der Waals surface area contributed by atoms with Crippen LogP contribution in [0.1, 0.15) is 5.56 Å². The molecule has 0 saturated carbocycles. The van der Waals surface area contributed by atoms with E-state index in [2.05, 4.69) is 11.4 Å². The molecular weight excluding hydrogens is 246 g/mol. The fraction of sp³-hybridized carbons (Fsp3) is 0.0909. The van der Waals surface area contributed by atoms with Gasteiger partial charge in [0.15, 0.2) is 0 Å². The van der Waals surface area contributed by atoms with Crippen LogP contribution < -0.4 is 5.73 Å². The molecule has 2 rings (SSSR count). The standard InChI is InChI=1S/C11H10ClNS2/c1-7-5-9(13)8(12)6-10(7)15-11-3-2-4-14-11/h2-6H,13H2,1H3. The van der Waals surface area contributed by atoms with Gasteiger partial charge in [0, 0.05) is 4.90 Å². The van der Waals surface area contributed by atoms with Crippen LogP contribution in [0, 0.1) is 6.92 Å². The average Bonchev–Trinajstić information content (AvgIpc) is 2.67. The maximum Gasteiger partial charge on any atom is 0.0646 e. The molecule has 1 aromatic heterocycles. The summed E-state index contributed by atoms with van der Waals surface area (Å²) in [5.41, 5.74) is 7.53. The van der Waals surface area contributed by atoms with E-state index in [1.54, 1.807) is 23.1 Å². The van der Waals surface area contributed by atoms with Crippen molar-refractivity contribution in [3.63, 3.8) is 0 Å². The maximum atomic E-state index is 5.99. The van der Waals surface area contributed by atoms with Crippen LogP contribution in [0.5, 0.6) is 0 Å². The summed E-state index contributed by atoms with van der Waals surface area (Å²) >= 11 is 9.44.